The molecular weight excluding hydrogens is 682 g/mol. The quantitative estimate of drug-likeness (QED) is 0.0730. The first kappa shape index (κ1) is 40.9. The first-order valence-corrected chi connectivity index (χ1v) is 20.7. The summed E-state index contributed by atoms with van der Waals surface area (Å²) in [6.45, 7) is 12.3. The smallest absolute Gasteiger partial charge is 0.462 e. The molecule has 11 heteroatoms. The van der Waals surface area contributed by atoms with Gasteiger partial charge in [-0.05, 0) is 131 Å². The zero-order valence-electron chi connectivity index (χ0n) is 31.6. The third-order valence-corrected chi connectivity index (χ3v) is 14.4. The van der Waals surface area contributed by atoms with E-state index in [1.54, 1.807) is 0 Å². The van der Waals surface area contributed by atoms with E-state index in [0.717, 1.165) is 69.0 Å². The number of unbranched alkanes of at least 4 members (excludes halogenated alkanes) is 6. The molecule has 5 rings (SSSR count). The van der Waals surface area contributed by atoms with Gasteiger partial charge in [-0.1, -0.05) is 63.6 Å². The molecular formula is C40H60BF5O4S. The molecule has 6 atom stereocenters. The minimum atomic E-state index is -5.45. The van der Waals surface area contributed by atoms with Crippen LogP contribution in [0.25, 0.3) is 0 Å². The second kappa shape index (κ2) is 16.2. The Morgan fingerprint density at radius 3 is 2.16 bits per heavy atom. The fraction of sp³-hybridized carbons (Fsp3) is 0.825. The van der Waals surface area contributed by atoms with Gasteiger partial charge in [0.25, 0.3) is 0 Å². The molecule has 1 saturated heterocycles. The average molecular weight is 743 g/mol. The van der Waals surface area contributed by atoms with Gasteiger partial charge in [-0.2, -0.15) is 33.7 Å². The molecule has 4 nitrogen and oxygen atoms in total. The highest BCUT2D eigenvalue weighted by Gasteiger charge is 2.59. The number of alkyl halides is 5. The summed E-state index contributed by atoms with van der Waals surface area (Å²) < 4.78 is 81.8. The first-order valence-electron chi connectivity index (χ1n) is 19.5. The highest BCUT2D eigenvalue weighted by Crippen LogP contribution is 2.63. The Morgan fingerprint density at radius 2 is 1.51 bits per heavy atom. The maximum absolute atomic E-state index is 13.0. The number of rotatable bonds is 16. The largest absolute Gasteiger partial charge is 0.494 e. The number of hydrogen-bond acceptors (Lipinski definition) is 5. The lowest BCUT2D eigenvalue weighted by atomic mass is 9.51. The maximum Gasteiger partial charge on any atom is 0.494 e. The van der Waals surface area contributed by atoms with Gasteiger partial charge in [0, 0.05) is 18.8 Å². The van der Waals surface area contributed by atoms with Gasteiger partial charge in [-0.15, -0.1) is 0 Å². The highest BCUT2D eigenvalue weighted by molar-refractivity contribution is 7.99. The van der Waals surface area contributed by atoms with E-state index in [9.17, 15) is 26.7 Å². The molecule has 288 valence electrons. The molecule has 0 radical (unpaired) electrons. The minimum absolute atomic E-state index is 0.00581. The molecule has 0 N–H and O–H groups in total. The average Bonchev–Trinajstić information content (AvgIpc) is 3.48. The van der Waals surface area contributed by atoms with Crippen LogP contribution in [0.3, 0.4) is 0 Å². The maximum atomic E-state index is 13.0. The van der Waals surface area contributed by atoms with Crippen molar-refractivity contribution in [1.29, 1.82) is 0 Å². The van der Waals surface area contributed by atoms with Crippen molar-refractivity contribution in [3.63, 3.8) is 0 Å². The lowest BCUT2D eigenvalue weighted by Crippen LogP contribution is -2.48. The van der Waals surface area contributed by atoms with Gasteiger partial charge in [-0.3, -0.25) is 4.79 Å². The van der Waals surface area contributed by atoms with Gasteiger partial charge in [-0.25, -0.2) is 0 Å². The van der Waals surface area contributed by atoms with Crippen LogP contribution in [0.1, 0.15) is 148 Å². The SMILES string of the molecule is CC(=O)OC1CCC2C3C(CCCCCCCCCSCCCC(F)(F)C(F)(F)F)Cc4cc(B5OC(C)(C)C(C)(C)O5)ccc4C3CCC12C. The number of ether oxygens (including phenoxy) is 1. The Balaban J connectivity index is 1.13. The minimum Gasteiger partial charge on any atom is -0.462 e. The first-order chi connectivity index (χ1) is 23.9. The molecule has 4 aliphatic rings. The number of carbonyl (C=O) groups excluding carboxylic acids is 1. The van der Waals surface area contributed by atoms with Crippen LogP contribution in [0.5, 0.6) is 0 Å². The second-order valence-corrected chi connectivity index (χ2v) is 18.4. The Labute approximate surface area is 307 Å². The van der Waals surface area contributed by atoms with Crippen molar-refractivity contribution in [3.8, 4) is 0 Å². The zero-order valence-corrected chi connectivity index (χ0v) is 32.5. The van der Waals surface area contributed by atoms with Gasteiger partial charge in [0.1, 0.15) is 6.10 Å². The van der Waals surface area contributed by atoms with Crippen molar-refractivity contribution in [2.24, 2.45) is 23.2 Å². The van der Waals surface area contributed by atoms with Gasteiger partial charge in [0.05, 0.1) is 11.2 Å². The van der Waals surface area contributed by atoms with Crippen LogP contribution in [0.2, 0.25) is 0 Å². The van der Waals surface area contributed by atoms with E-state index in [2.05, 4.69) is 52.8 Å². The van der Waals surface area contributed by atoms with Crippen molar-refractivity contribution in [2.45, 2.75) is 173 Å². The summed E-state index contributed by atoms with van der Waals surface area (Å²) in [7, 11) is -0.375. The summed E-state index contributed by atoms with van der Waals surface area (Å²) in [6.07, 6.45) is 7.67. The van der Waals surface area contributed by atoms with Crippen LogP contribution in [0.15, 0.2) is 18.2 Å². The molecule has 0 bridgehead atoms. The van der Waals surface area contributed by atoms with Crippen LogP contribution in [0, 0.1) is 23.2 Å². The second-order valence-electron chi connectivity index (χ2n) is 17.2. The molecule has 0 spiro atoms. The fourth-order valence-corrected chi connectivity index (χ4v) is 10.7. The van der Waals surface area contributed by atoms with Crippen molar-refractivity contribution in [1.82, 2.24) is 0 Å². The van der Waals surface area contributed by atoms with Crippen LogP contribution in [0.4, 0.5) is 22.0 Å². The summed E-state index contributed by atoms with van der Waals surface area (Å²) in [5.74, 6) is -1.41. The summed E-state index contributed by atoms with van der Waals surface area (Å²) in [6, 6.07) is 6.94. The Bertz CT molecular complexity index is 1320. The van der Waals surface area contributed by atoms with E-state index in [1.807, 2.05) is 0 Å². The van der Waals surface area contributed by atoms with Crippen LogP contribution >= 0.6 is 11.8 Å². The molecule has 1 aromatic rings. The molecule has 0 aromatic heterocycles. The van der Waals surface area contributed by atoms with E-state index in [-0.39, 0.29) is 42.2 Å². The predicted molar refractivity (Wildman–Crippen MR) is 196 cm³/mol. The van der Waals surface area contributed by atoms with Crippen molar-refractivity contribution < 1.29 is 40.8 Å². The Hall–Kier alpha value is -1.33. The molecule has 2 saturated carbocycles. The lowest BCUT2D eigenvalue weighted by molar-refractivity contribution is -0.284. The molecule has 1 heterocycles. The van der Waals surface area contributed by atoms with E-state index in [1.165, 1.54) is 55.5 Å². The van der Waals surface area contributed by atoms with Crippen molar-refractivity contribution in [3.05, 3.63) is 29.3 Å². The summed E-state index contributed by atoms with van der Waals surface area (Å²) in [5.41, 5.74) is 3.28. The van der Waals surface area contributed by atoms with Gasteiger partial charge < -0.3 is 14.0 Å². The summed E-state index contributed by atoms with van der Waals surface area (Å²) in [4.78, 5) is 12.0. The highest BCUT2D eigenvalue weighted by atomic mass is 32.2. The third kappa shape index (κ3) is 9.15. The third-order valence-electron chi connectivity index (χ3n) is 13.2. The van der Waals surface area contributed by atoms with E-state index >= 15 is 0 Å². The number of thioether (sulfide) groups is 1. The van der Waals surface area contributed by atoms with Gasteiger partial charge in [0.2, 0.25) is 0 Å². The number of hydrogen-bond donors (Lipinski definition) is 0. The Morgan fingerprint density at radius 1 is 0.882 bits per heavy atom. The number of carbonyl (C=O) groups is 1. The van der Waals surface area contributed by atoms with Crippen LogP contribution in [-0.2, 0) is 25.3 Å². The van der Waals surface area contributed by atoms with Gasteiger partial charge in [0.15, 0.2) is 0 Å². The Kier molecular flexibility index (Phi) is 13.0. The molecule has 1 aliphatic heterocycles. The molecule has 0 amide bonds. The molecule has 3 fully saturated rings. The molecule has 3 aliphatic carbocycles. The topological polar surface area (TPSA) is 44.8 Å². The standard InChI is InChI=1S/C40H60BF5O4S/c1-27(47)48-34-19-18-33-35-28(15-12-10-8-7-9-11-13-23-51-24-14-21-39(42,43)40(44,45)46)25-29-26-30(41-49-36(2,3)37(4,5)50-41)16-17-31(29)32(35)20-22-38(33,34)6/h16-17,26,28,32-35H,7-15,18-25H2,1-6H3. The van der Waals surface area contributed by atoms with Gasteiger partial charge >= 0.3 is 25.2 Å². The molecule has 6 unspecified atom stereocenters. The molecule has 51 heavy (non-hydrogen) atoms. The zero-order chi connectivity index (χ0) is 37.2. The van der Waals surface area contributed by atoms with E-state index in [4.69, 9.17) is 14.0 Å². The predicted octanol–water partition coefficient (Wildman–Crippen LogP) is 10.8. The van der Waals surface area contributed by atoms with Crippen LogP contribution < -0.4 is 5.46 Å². The van der Waals surface area contributed by atoms with E-state index < -0.39 is 18.5 Å². The van der Waals surface area contributed by atoms with Crippen molar-refractivity contribution >= 4 is 30.3 Å². The van der Waals surface area contributed by atoms with Crippen LogP contribution in [-0.4, -0.2) is 54.0 Å². The lowest BCUT2D eigenvalue weighted by Gasteiger charge is -2.53. The number of fused-ring (bicyclic) bond motifs is 5. The summed E-state index contributed by atoms with van der Waals surface area (Å²) in [5, 5.41) is 0. The number of halogens is 5. The molecule has 1 aromatic carbocycles. The normalized spacial score (nSPS) is 29.8. The summed E-state index contributed by atoms with van der Waals surface area (Å²) >= 11 is 1.47. The van der Waals surface area contributed by atoms with Crippen molar-refractivity contribution in [2.75, 3.05) is 11.5 Å². The fourth-order valence-electron chi connectivity index (χ4n) is 9.70. The number of esters is 1. The number of benzene rings is 1. The van der Waals surface area contributed by atoms with E-state index in [0.29, 0.717) is 29.4 Å². The monoisotopic (exact) mass is 742 g/mol.